The highest BCUT2D eigenvalue weighted by molar-refractivity contribution is 5.89. The smallest absolute Gasteiger partial charge is 0.224 e. The van der Waals surface area contributed by atoms with Gasteiger partial charge in [-0.15, -0.1) is 0 Å². The Hall–Kier alpha value is -3.47. The molecule has 1 aromatic carbocycles. The predicted molar refractivity (Wildman–Crippen MR) is 135 cm³/mol. The molecule has 5 rings (SSSR count). The second-order valence-electron chi connectivity index (χ2n) is 8.66. The first kappa shape index (κ1) is 23.3. The Morgan fingerprint density at radius 3 is 2.77 bits per heavy atom. The first-order chi connectivity index (χ1) is 17.3. The average molecular weight is 474 g/mol. The molecule has 182 valence electrons. The first-order valence-corrected chi connectivity index (χ1v) is 12.1. The lowest BCUT2D eigenvalue weighted by atomic mass is 9.92. The summed E-state index contributed by atoms with van der Waals surface area (Å²) in [6.07, 6.45) is 5.17. The van der Waals surface area contributed by atoms with E-state index in [4.69, 9.17) is 15.5 Å². The van der Waals surface area contributed by atoms with Gasteiger partial charge in [0.2, 0.25) is 5.95 Å². The molecule has 0 radical (unpaired) electrons. The van der Waals surface area contributed by atoms with Crippen LogP contribution in [0.1, 0.15) is 23.7 Å². The Morgan fingerprint density at radius 1 is 1.09 bits per heavy atom. The molecule has 1 unspecified atom stereocenters. The number of fused-ring (bicyclic) bond motifs is 1. The number of ether oxygens (including phenoxy) is 1. The number of benzene rings is 1. The van der Waals surface area contributed by atoms with Crippen molar-refractivity contribution in [3.05, 3.63) is 60.2 Å². The lowest BCUT2D eigenvalue weighted by Crippen LogP contribution is -2.39. The maximum Gasteiger partial charge on any atom is 0.224 e. The maximum atomic E-state index is 5.89. The molecule has 4 heterocycles. The highest BCUT2D eigenvalue weighted by Gasteiger charge is 2.16. The Kier molecular flexibility index (Phi) is 7.52. The van der Waals surface area contributed by atoms with Crippen LogP contribution in [0.3, 0.4) is 0 Å². The number of rotatable bonds is 10. The third-order valence-electron chi connectivity index (χ3n) is 6.30. The molecule has 3 aromatic heterocycles. The van der Waals surface area contributed by atoms with Gasteiger partial charge < -0.3 is 15.8 Å². The molecule has 4 N–H and O–H groups in total. The summed E-state index contributed by atoms with van der Waals surface area (Å²) >= 11 is 0. The lowest BCUT2D eigenvalue weighted by molar-refractivity contribution is 0.0398. The van der Waals surface area contributed by atoms with E-state index < -0.39 is 0 Å². The summed E-state index contributed by atoms with van der Waals surface area (Å²) < 4.78 is 5.40. The lowest BCUT2D eigenvalue weighted by Gasteiger charge is -2.26. The molecular formula is C25H31N9O. The molecule has 0 amide bonds. The molecule has 10 nitrogen and oxygen atoms in total. The van der Waals surface area contributed by atoms with Gasteiger partial charge in [0.15, 0.2) is 5.65 Å². The number of nitrogens with zero attached hydrogens (tertiary/aromatic N) is 6. The molecule has 0 spiro atoms. The van der Waals surface area contributed by atoms with Gasteiger partial charge in [-0.05, 0) is 30.5 Å². The standard InChI is InChI=1S/C25H31N9O/c26-8-6-19(18-4-2-1-3-5-18)16-22-27-9-7-21(30-22)23-20-17-29-25(31-24(20)33-32-23)28-10-11-34-12-14-35-15-13-34/h1-5,7,9,17,19H,6,8,10-16,26H2,(H2,28,29,31,32,33). The minimum absolute atomic E-state index is 0.268. The molecule has 1 aliphatic rings. The van der Waals surface area contributed by atoms with Crippen LogP contribution >= 0.6 is 0 Å². The van der Waals surface area contributed by atoms with Gasteiger partial charge in [0.05, 0.1) is 30.0 Å². The van der Waals surface area contributed by atoms with E-state index in [1.807, 2.05) is 12.1 Å². The molecule has 0 bridgehead atoms. The summed E-state index contributed by atoms with van der Waals surface area (Å²) in [6, 6.07) is 12.3. The minimum Gasteiger partial charge on any atom is -0.379 e. The van der Waals surface area contributed by atoms with E-state index in [1.54, 1.807) is 12.4 Å². The normalized spacial score (nSPS) is 15.3. The van der Waals surface area contributed by atoms with E-state index in [1.165, 1.54) is 5.56 Å². The van der Waals surface area contributed by atoms with E-state index in [-0.39, 0.29) is 5.92 Å². The summed E-state index contributed by atoms with van der Waals surface area (Å²) in [5.41, 5.74) is 9.31. The number of aromatic nitrogens is 6. The van der Waals surface area contributed by atoms with Crippen molar-refractivity contribution in [3.63, 3.8) is 0 Å². The second-order valence-corrected chi connectivity index (χ2v) is 8.66. The van der Waals surface area contributed by atoms with Crippen LogP contribution in [0, 0.1) is 0 Å². The number of anilines is 1. The molecule has 35 heavy (non-hydrogen) atoms. The van der Waals surface area contributed by atoms with Gasteiger partial charge in [-0.1, -0.05) is 30.3 Å². The third kappa shape index (κ3) is 5.79. The molecule has 10 heteroatoms. The molecule has 1 saturated heterocycles. The number of H-pyrrole nitrogens is 1. The summed E-state index contributed by atoms with van der Waals surface area (Å²) in [5.74, 6) is 1.61. The van der Waals surface area contributed by atoms with Crippen molar-refractivity contribution in [2.75, 3.05) is 51.3 Å². The number of aromatic amines is 1. The molecule has 0 saturated carbocycles. The molecule has 0 aliphatic carbocycles. The number of nitrogens with two attached hydrogens (primary N) is 1. The number of nitrogens with one attached hydrogen (secondary N) is 2. The van der Waals surface area contributed by atoms with Gasteiger partial charge in [0.1, 0.15) is 5.82 Å². The third-order valence-corrected chi connectivity index (χ3v) is 6.30. The summed E-state index contributed by atoms with van der Waals surface area (Å²) in [6.45, 7) is 5.82. The molecule has 1 fully saturated rings. The van der Waals surface area contributed by atoms with E-state index in [9.17, 15) is 0 Å². The number of morpholine rings is 1. The predicted octanol–water partition coefficient (Wildman–Crippen LogP) is 2.23. The quantitative estimate of drug-likeness (QED) is 0.317. The fraction of sp³-hybridized carbons (Fsp3) is 0.400. The van der Waals surface area contributed by atoms with Crippen molar-refractivity contribution in [1.29, 1.82) is 0 Å². The zero-order chi connectivity index (χ0) is 23.9. The fourth-order valence-corrected chi connectivity index (χ4v) is 4.40. The van der Waals surface area contributed by atoms with Crippen LogP contribution in [-0.4, -0.2) is 81.0 Å². The minimum atomic E-state index is 0.268. The van der Waals surface area contributed by atoms with Crippen LogP contribution in [0.25, 0.3) is 22.4 Å². The van der Waals surface area contributed by atoms with E-state index in [2.05, 4.69) is 59.6 Å². The molecule has 4 aromatic rings. The van der Waals surface area contributed by atoms with Crippen molar-refractivity contribution in [3.8, 4) is 11.4 Å². The van der Waals surface area contributed by atoms with Gasteiger partial charge in [0.25, 0.3) is 0 Å². The number of hydrogen-bond acceptors (Lipinski definition) is 9. The fourth-order valence-electron chi connectivity index (χ4n) is 4.40. The topological polar surface area (TPSA) is 131 Å². The van der Waals surface area contributed by atoms with Crippen LogP contribution in [0.15, 0.2) is 48.8 Å². The van der Waals surface area contributed by atoms with Gasteiger partial charge in [-0.2, -0.15) is 10.1 Å². The van der Waals surface area contributed by atoms with Crippen LogP contribution in [0.5, 0.6) is 0 Å². The molecule has 1 aliphatic heterocycles. The van der Waals surface area contributed by atoms with Crippen molar-refractivity contribution in [2.24, 2.45) is 5.73 Å². The summed E-state index contributed by atoms with van der Waals surface area (Å²) in [4.78, 5) is 20.8. The van der Waals surface area contributed by atoms with Crippen molar-refractivity contribution < 1.29 is 4.74 Å². The Balaban J connectivity index is 1.29. The van der Waals surface area contributed by atoms with Gasteiger partial charge in [0, 0.05) is 45.0 Å². The van der Waals surface area contributed by atoms with Crippen LogP contribution in [-0.2, 0) is 11.2 Å². The summed E-state index contributed by atoms with van der Waals surface area (Å²) in [5, 5.41) is 11.6. The van der Waals surface area contributed by atoms with Crippen molar-refractivity contribution >= 4 is 17.0 Å². The van der Waals surface area contributed by atoms with Crippen LogP contribution in [0.2, 0.25) is 0 Å². The monoisotopic (exact) mass is 473 g/mol. The molecular weight excluding hydrogens is 442 g/mol. The van der Waals surface area contributed by atoms with E-state index in [0.717, 1.165) is 74.8 Å². The van der Waals surface area contributed by atoms with Crippen LogP contribution in [0.4, 0.5) is 5.95 Å². The maximum absolute atomic E-state index is 5.89. The van der Waals surface area contributed by atoms with Crippen molar-refractivity contribution in [2.45, 2.75) is 18.8 Å². The Bertz CT molecular complexity index is 1220. The molecule has 1 atom stereocenters. The van der Waals surface area contributed by atoms with E-state index >= 15 is 0 Å². The SMILES string of the molecule is NCCC(Cc1nccc(-c2[nH]nc3nc(NCCN4CCOCC4)ncc23)n1)c1ccccc1. The first-order valence-electron chi connectivity index (χ1n) is 12.1. The van der Waals surface area contributed by atoms with E-state index in [0.29, 0.717) is 18.1 Å². The van der Waals surface area contributed by atoms with Gasteiger partial charge in [-0.25, -0.2) is 15.0 Å². The average Bonchev–Trinajstić information content (AvgIpc) is 3.33. The van der Waals surface area contributed by atoms with Crippen LogP contribution < -0.4 is 11.1 Å². The highest BCUT2D eigenvalue weighted by Crippen LogP contribution is 2.26. The Morgan fingerprint density at radius 2 is 1.94 bits per heavy atom. The highest BCUT2D eigenvalue weighted by atomic mass is 16.5. The van der Waals surface area contributed by atoms with Gasteiger partial charge in [-0.3, -0.25) is 10.00 Å². The number of hydrogen-bond donors (Lipinski definition) is 3. The zero-order valence-corrected chi connectivity index (χ0v) is 19.7. The van der Waals surface area contributed by atoms with Gasteiger partial charge >= 0.3 is 0 Å². The van der Waals surface area contributed by atoms with Crippen molar-refractivity contribution in [1.82, 2.24) is 35.0 Å². The zero-order valence-electron chi connectivity index (χ0n) is 19.7. The Labute approximate surface area is 204 Å². The largest absolute Gasteiger partial charge is 0.379 e. The second kappa shape index (κ2) is 11.3. The summed E-state index contributed by atoms with van der Waals surface area (Å²) in [7, 11) is 0.